The number of nitrogens with zero attached hydrogens (tertiary/aromatic N) is 2. The van der Waals surface area contributed by atoms with Crippen LogP contribution in [0.5, 0.6) is 0 Å². The lowest BCUT2D eigenvalue weighted by Crippen LogP contribution is -2.44. The summed E-state index contributed by atoms with van der Waals surface area (Å²) in [5, 5.41) is 18.1. The fraction of sp³-hybridized carbons (Fsp3) is 0.417. The number of halogens is 3. The minimum Gasteiger partial charge on any atom is -0.481 e. The van der Waals surface area contributed by atoms with Crippen molar-refractivity contribution in [2.75, 3.05) is 7.11 Å². The maximum atomic E-state index is 14.1. The van der Waals surface area contributed by atoms with Gasteiger partial charge in [0.25, 0.3) is 0 Å². The van der Waals surface area contributed by atoms with Gasteiger partial charge >= 0.3 is 12.1 Å². The second kappa shape index (κ2) is 8.81. The molecule has 2 unspecified atom stereocenters. The molecule has 2 aliphatic rings. The molecule has 2 aliphatic carbocycles. The summed E-state index contributed by atoms with van der Waals surface area (Å²) in [6, 6.07) is 9.09. The molecule has 2 aromatic rings. The third-order valence-corrected chi connectivity index (χ3v) is 9.72. The molecule has 1 heterocycles. The van der Waals surface area contributed by atoms with Gasteiger partial charge < -0.3 is 15.6 Å². The lowest BCUT2D eigenvalue weighted by atomic mass is 9.75. The fourth-order valence-electron chi connectivity index (χ4n) is 5.53. The SMILES string of the molecule is CO[C@@H]1C[C@H](S(=O)(=O)c2ccc(-c3ccccn3)cc2C(F)(F)F)C[C@@]1(C(=O)O)C1CC1(C#N)C(N)=O. The third kappa shape index (κ3) is 4.04. The molecule has 0 radical (unpaired) electrons. The normalized spacial score (nSPS) is 29.4. The first-order chi connectivity index (χ1) is 17.3. The lowest BCUT2D eigenvalue weighted by Gasteiger charge is -2.31. The molecule has 3 N–H and O–H groups in total. The number of primary amides is 1. The van der Waals surface area contributed by atoms with Crippen molar-refractivity contribution in [3.05, 3.63) is 48.2 Å². The van der Waals surface area contributed by atoms with Crippen molar-refractivity contribution in [2.24, 2.45) is 22.5 Å². The van der Waals surface area contributed by atoms with Crippen LogP contribution >= 0.6 is 0 Å². The number of aromatic nitrogens is 1. The van der Waals surface area contributed by atoms with E-state index in [1.54, 1.807) is 18.2 Å². The third-order valence-electron chi connectivity index (χ3n) is 7.51. The van der Waals surface area contributed by atoms with Crippen molar-refractivity contribution < 1.29 is 41.0 Å². The van der Waals surface area contributed by atoms with Crippen molar-refractivity contribution in [2.45, 2.75) is 41.7 Å². The van der Waals surface area contributed by atoms with Crippen molar-refractivity contribution in [3.63, 3.8) is 0 Å². The Kier molecular flexibility index (Phi) is 6.32. The van der Waals surface area contributed by atoms with Gasteiger partial charge in [-0.25, -0.2) is 8.42 Å². The van der Waals surface area contributed by atoms with Crippen LogP contribution in [0.15, 0.2) is 47.5 Å². The maximum Gasteiger partial charge on any atom is 0.417 e. The summed E-state index contributed by atoms with van der Waals surface area (Å²) < 4.78 is 74.7. The second-order valence-electron chi connectivity index (χ2n) is 9.30. The number of benzene rings is 1. The van der Waals surface area contributed by atoms with Crippen molar-refractivity contribution in [1.29, 1.82) is 5.26 Å². The number of sulfone groups is 1. The van der Waals surface area contributed by atoms with E-state index in [0.29, 0.717) is 6.07 Å². The van der Waals surface area contributed by atoms with Gasteiger partial charge in [0.1, 0.15) is 10.8 Å². The van der Waals surface area contributed by atoms with Gasteiger partial charge in [-0.05, 0) is 43.5 Å². The number of amides is 1. The number of carbonyl (C=O) groups excluding carboxylic acids is 1. The van der Waals surface area contributed by atoms with E-state index in [9.17, 15) is 41.5 Å². The predicted molar refractivity (Wildman–Crippen MR) is 121 cm³/mol. The maximum absolute atomic E-state index is 14.1. The number of rotatable bonds is 7. The van der Waals surface area contributed by atoms with Gasteiger partial charge in [-0.15, -0.1) is 0 Å². The first kappa shape index (κ1) is 26.6. The van der Waals surface area contributed by atoms with Gasteiger partial charge in [0.15, 0.2) is 9.84 Å². The van der Waals surface area contributed by atoms with E-state index in [1.807, 2.05) is 0 Å². The van der Waals surface area contributed by atoms with Crippen LogP contribution in [0.1, 0.15) is 24.8 Å². The first-order valence-electron chi connectivity index (χ1n) is 11.1. The van der Waals surface area contributed by atoms with Crippen LogP contribution in [0.3, 0.4) is 0 Å². The number of alkyl halides is 3. The zero-order chi connectivity index (χ0) is 27.4. The number of carboxylic acids is 1. The van der Waals surface area contributed by atoms with Crippen LogP contribution in [0.25, 0.3) is 11.3 Å². The Morgan fingerprint density at radius 1 is 1.24 bits per heavy atom. The van der Waals surface area contributed by atoms with Gasteiger partial charge in [-0.1, -0.05) is 12.1 Å². The Morgan fingerprint density at radius 2 is 1.95 bits per heavy atom. The molecule has 5 atom stereocenters. The Morgan fingerprint density at radius 3 is 2.43 bits per heavy atom. The number of carboxylic acid groups (broad SMARTS) is 1. The van der Waals surface area contributed by atoms with E-state index in [2.05, 4.69) is 4.98 Å². The number of aliphatic carboxylic acids is 1. The molecule has 2 saturated carbocycles. The zero-order valence-corrected chi connectivity index (χ0v) is 20.2. The van der Waals surface area contributed by atoms with Gasteiger partial charge in [0.05, 0.1) is 33.6 Å². The molecule has 13 heteroatoms. The number of pyridine rings is 1. The van der Waals surface area contributed by atoms with Crippen LogP contribution < -0.4 is 5.73 Å². The molecule has 1 aromatic heterocycles. The molecule has 0 aliphatic heterocycles. The molecule has 0 saturated heterocycles. The van der Waals surface area contributed by atoms with Crippen molar-refractivity contribution >= 4 is 21.7 Å². The summed E-state index contributed by atoms with van der Waals surface area (Å²) in [6.45, 7) is 0. The Hall–Kier alpha value is -3.50. The monoisotopic (exact) mass is 537 g/mol. The number of methoxy groups -OCH3 is 1. The highest BCUT2D eigenvalue weighted by Crippen LogP contribution is 2.66. The van der Waals surface area contributed by atoms with Crippen LogP contribution in [-0.4, -0.2) is 48.8 Å². The standard InChI is InChI=1S/C24H22F3N3O6S/c1-36-19-9-14(10-23(19,21(32)33)18-11-22(18,12-28)20(29)31)37(34,35)17-6-5-13(8-15(17)24(25,26)27)16-4-2-3-7-30-16/h2-8,14,18-19H,9-11H2,1H3,(H2,29,31)(H,32,33)/t14-,18?,19+,22?,23+/m0/s1. The number of hydrogen-bond acceptors (Lipinski definition) is 7. The Balaban J connectivity index is 1.80. The van der Waals surface area contributed by atoms with Crippen molar-refractivity contribution in [1.82, 2.24) is 4.98 Å². The van der Waals surface area contributed by atoms with E-state index in [0.717, 1.165) is 13.2 Å². The van der Waals surface area contributed by atoms with Crippen LogP contribution in [0, 0.1) is 28.1 Å². The highest BCUT2D eigenvalue weighted by Gasteiger charge is 2.75. The molecule has 4 rings (SSSR count). The molecular formula is C24H22F3N3O6S. The molecule has 9 nitrogen and oxygen atoms in total. The highest BCUT2D eigenvalue weighted by atomic mass is 32.2. The van der Waals surface area contributed by atoms with Crippen LogP contribution in [0.4, 0.5) is 13.2 Å². The first-order valence-corrected chi connectivity index (χ1v) is 12.6. The number of nitriles is 1. The van der Waals surface area contributed by atoms with Crippen molar-refractivity contribution in [3.8, 4) is 17.3 Å². The summed E-state index contributed by atoms with van der Waals surface area (Å²) in [5.41, 5.74) is 0.352. The van der Waals surface area contributed by atoms with E-state index in [-0.39, 0.29) is 17.7 Å². The summed E-state index contributed by atoms with van der Waals surface area (Å²) in [5.74, 6) is -3.72. The molecule has 2 fully saturated rings. The highest BCUT2D eigenvalue weighted by molar-refractivity contribution is 7.92. The quantitative estimate of drug-likeness (QED) is 0.545. The average molecular weight is 538 g/mol. The van der Waals surface area contributed by atoms with Gasteiger partial charge in [-0.3, -0.25) is 14.6 Å². The summed E-state index contributed by atoms with van der Waals surface area (Å²) in [6.07, 6.45) is -6.26. The van der Waals surface area contributed by atoms with E-state index in [1.165, 1.54) is 18.3 Å². The summed E-state index contributed by atoms with van der Waals surface area (Å²) in [7, 11) is -3.61. The predicted octanol–water partition coefficient (Wildman–Crippen LogP) is 2.80. The topological polar surface area (TPSA) is 160 Å². The molecule has 1 amide bonds. The van der Waals surface area contributed by atoms with E-state index in [4.69, 9.17) is 10.5 Å². The smallest absolute Gasteiger partial charge is 0.417 e. The fourth-order valence-corrected chi connectivity index (χ4v) is 7.55. The Bertz CT molecular complexity index is 1410. The number of hydrogen-bond donors (Lipinski definition) is 2. The second-order valence-corrected chi connectivity index (χ2v) is 11.5. The number of nitrogens with two attached hydrogens (primary N) is 1. The van der Waals surface area contributed by atoms with E-state index < -0.39 is 79.3 Å². The number of carbonyl (C=O) groups is 2. The molecule has 1 aromatic carbocycles. The molecule has 37 heavy (non-hydrogen) atoms. The minimum absolute atomic E-state index is 0.0474. The van der Waals surface area contributed by atoms with Gasteiger partial charge in [0, 0.05) is 24.8 Å². The zero-order valence-electron chi connectivity index (χ0n) is 19.4. The molecule has 0 bridgehead atoms. The Labute approximate surface area is 210 Å². The summed E-state index contributed by atoms with van der Waals surface area (Å²) in [4.78, 5) is 27.5. The molecule has 0 spiro atoms. The largest absolute Gasteiger partial charge is 0.481 e. The average Bonchev–Trinajstić information content (AvgIpc) is 3.48. The minimum atomic E-state index is -5.05. The summed E-state index contributed by atoms with van der Waals surface area (Å²) >= 11 is 0. The van der Waals surface area contributed by atoms with Crippen LogP contribution in [-0.2, 0) is 30.3 Å². The van der Waals surface area contributed by atoms with E-state index >= 15 is 0 Å². The van der Waals surface area contributed by atoms with Gasteiger partial charge in [-0.2, -0.15) is 18.4 Å². The molecular weight excluding hydrogens is 515 g/mol. The lowest BCUT2D eigenvalue weighted by molar-refractivity contribution is -0.159. The number of ether oxygens (including phenoxy) is 1. The van der Waals surface area contributed by atoms with Crippen LogP contribution in [0.2, 0.25) is 0 Å². The molecule has 196 valence electrons. The van der Waals surface area contributed by atoms with Gasteiger partial charge in [0.2, 0.25) is 5.91 Å².